The number of hydrogen-bond donors (Lipinski definition) is 1. The van der Waals surface area contributed by atoms with Gasteiger partial charge in [-0.25, -0.2) is 10.4 Å². The molecule has 4 rings (SSSR count). The number of rotatable bonds is 6. The fourth-order valence-electron chi connectivity index (χ4n) is 3.09. The Kier molecular flexibility index (Phi) is 6.14. The van der Waals surface area contributed by atoms with Gasteiger partial charge in [0.25, 0.3) is 11.5 Å². The van der Waals surface area contributed by atoms with Crippen LogP contribution in [0.4, 0.5) is 0 Å². The van der Waals surface area contributed by atoms with Crippen molar-refractivity contribution >= 4 is 39.8 Å². The van der Waals surface area contributed by atoms with Gasteiger partial charge in [0.1, 0.15) is 11.4 Å². The average Bonchev–Trinajstić information content (AvgIpc) is 3.22. The van der Waals surface area contributed by atoms with Crippen molar-refractivity contribution in [3.05, 3.63) is 93.9 Å². The molecule has 0 aliphatic carbocycles. The lowest BCUT2D eigenvalue weighted by Gasteiger charge is -2.05. The molecule has 31 heavy (non-hydrogen) atoms. The Labute approximate surface area is 183 Å². The summed E-state index contributed by atoms with van der Waals surface area (Å²) in [4.78, 5) is 30.3. The predicted octanol–water partition coefficient (Wildman–Crippen LogP) is 4.25. The Morgan fingerprint density at radius 2 is 1.94 bits per heavy atom. The van der Waals surface area contributed by atoms with Crippen LogP contribution < -0.4 is 11.0 Å². The first-order valence-electron chi connectivity index (χ1n) is 9.69. The summed E-state index contributed by atoms with van der Waals surface area (Å²) >= 11 is 1.42. The van der Waals surface area contributed by atoms with Gasteiger partial charge in [0, 0.05) is 17.2 Å². The van der Waals surface area contributed by atoms with E-state index in [2.05, 4.69) is 15.5 Å². The van der Waals surface area contributed by atoms with Crippen LogP contribution in [-0.4, -0.2) is 21.7 Å². The minimum absolute atomic E-state index is 0.162. The van der Waals surface area contributed by atoms with Gasteiger partial charge in [-0.2, -0.15) is 5.10 Å². The molecule has 2 heterocycles. The first kappa shape index (κ1) is 20.4. The van der Waals surface area contributed by atoms with Gasteiger partial charge in [0.15, 0.2) is 0 Å². The van der Waals surface area contributed by atoms with E-state index in [1.54, 1.807) is 6.08 Å². The van der Waals surface area contributed by atoms with Crippen LogP contribution in [0.15, 0.2) is 82.3 Å². The number of amides is 1. The van der Waals surface area contributed by atoms with E-state index in [4.69, 9.17) is 0 Å². The van der Waals surface area contributed by atoms with Crippen molar-refractivity contribution in [3.63, 3.8) is 0 Å². The summed E-state index contributed by atoms with van der Waals surface area (Å²) in [6, 6.07) is 17.7. The molecule has 0 saturated carbocycles. The van der Waals surface area contributed by atoms with Crippen LogP contribution in [0, 0.1) is 6.92 Å². The molecule has 0 bridgehead atoms. The molecular weight excluding hydrogens is 408 g/mol. The highest BCUT2D eigenvalue weighted by Gasteiger charge is 2.14. The van der Waals surface area contributed by atoms with Crippen molar-refractivity contribution < 1.29 is 4.79 Å². The highest BCUT2D eigenvalue weighted by Crippen LogP contribution is 2.30. The monoisotopic (exact) mass is 428 g/mol. The third-order valence-electron chi connectivity index (χ3n) is 4.68. The van der Waals surface area contributed by atoms with Gasteiger partial charge < -0.3 is 0 Å². The van der Waals surface area contributed by atoms with Crippen LogP contribution in [0.5, 0.6) is 0 Å². The van der Waals surface area contributed by atoms with Crippen molar-refractivity contribution in [1.29, 1.82) is 0 Å². The summed E-state index contributed by atoms with van der Waals surface area (Å²) in [5.41, 5.74) is 6.15. The third-order valence-corrected chi connectivity index (χ3v) is 5.56. The lowest BCUT2D eigenvalue weighted by molar-refractivity contribution is -0.121. The van der Waals surface area contributed by atoms with E-state index in [1.807, 2.05) is 73.0 Å². The highest BCUT2D eigenvalue weighted by molar-refractivity contribution is 7.17. The number of nitrogens with one attached hydrogen (secondary N) is 1. The Hall–Kier alpha value is -3.84. The fraction of sp³-hybridized carbons (Fsp3) is 0.0833. The van der Waals surface area contributed by atoms with Crippen molar-refractivity contribution in [3.8, 4) is 11.1 Å². The molecule has 2 aromatic carbocycles. The second-order valence-electron chi connectivity index (χ2n) is 6.96. The maximum absolute atomic E-state index is 13.0. The Bertz CT molecular complexity index is 1320. The van der Waals surface area contributed by atoms with E-state index in [-0.39, 0.29) is 12.1 Å². The maximum Gasteiger partial charge on any atom is 0.263 e. The topological polar surface area (TPSA) is 76.3 Å². The number of hydrazone groups is 1. The summed E-state index contributed by atoms with van der Waals surface area (Å²) in [5.74, 6) is -0.403. The summed E-state index contributed by atoms with van der Waals surface area (Å²) in [7, 11) is 0. The van der Waals surface area contributed by atoms with E-state index >= 15 is 0 Å². The van der Waals surface area contributed by atoms with Crippen LogP contribution in [0.25, 0.3) is 27.4 Å². The van der Waals surface area contributed by atoms with Crippen LogP contribution in [0.1, 0.15) is 11.1 Å². The summed E-state index contributed by atoms with van der Waals surface area (Å²) in [6.07, 6.45) is 6.50. The lowest BCUT2D eigenvalue weighted by atomic mass is 10.1. The minimum atomic E-state index is -0.403. The summed E-state index contributed by atoms with van der Waals surface area (Å²) < 4.78 is 1.30. The molecule has 0 unspecified atom stereocenters. The summed E-state index contributed by atoms with van der Waals surface area (Å²) in [5, 5.41) is 6.35. The molecule has 0 spiro atoms. The second-order valence-corrected chi connectivity index (χ2v) is 7.81. The second kappa shape index (κ2) is 9.32. The molecule has 0 aliphatic rings. The normalized spacial score (nSPS) is 11.5. The quantitative estimate of drug-likeness (QED) is 0.368. The molecule has 7 heteroatoms. The Balaban J connectivity index is 1.47. The third kappa shape index (κ3) is 4.84. The molecule has 0 radical (unpaired) electrons. The summed E-state index contributed by atoms with van der Waals surface area (Å²) in [6.45, 7) is 1.85. The zero-order chi connectivity index (χ0) is 21.6. The molecule has 2 aromatic heterocycles. The zero-order valence-corrected chi connectivity index (χ0v) is 17.7. The number of allylic oxidation sites excluding steroid dienone is 1. The van der Waals surface area contributed by atoms with Crippen molar-refractivity contribution in [2.75, 3.05) is 0 Å². The van der Waals surface area contributed by atoms with Crippen LogP contribution in [-0.2, 0) is 11.3 Å². The predicted molar refractivity (Wildman–Crippen MR) is 126 cm³/mol. The van der Waals surface area contributed by atoms with Crippen molar-refractivity contribution in [2.24, 2.45) is 5.10 Å². The molecule has 0 saturated heterocycles. The van der Waals surface area contributed by atoms with E-state index < -0.39 is 5.91 Å². The van der Waals surface area contributed by atoms with Crippen molar-refractivity contribution in [2.45, 2.75) is 13.5 Å². The Morgan fingerprint density at radius 1 is 1.16 bits per heavy atom. The minimum Gasteiger partial charge on any atom is -0.289 e. The van der Waals surface area contributed by atoms with E-state index in [9.17, 15) is 9.59 Å². The number of carbonyl (C=O) groups excluding carboxylic acids is 1. The molecule has 0 aliphatic heterocycles. The van der Waals surface area contributed by atoms with Gasteiger partial charge in [-0.15, -0.1) is 11.3 Å². The van der Waals surface area contributed by atoms with Gasteiger partial charge in [0.2, 0.25) is 0 Å². The number of carbonyl (C=O) groups is 1. The molecule has 0 atom stereocenters. The molecule has 6 nitrogen and oxygen atoms in total. The van der Waals surface area contributed by atoms with Crippen LogP contribution in [0.3, 0.4) is 0 Å². The number of nitrogens with zero attached hydrogens (tertiary/aromatic N) is 3. The molecule has 0 fully saturated rings. The highest BCUT2D eigenvalue weighted by atomic mass is 32.1. The first-order chi connectivity index (χ1) is 15.1. The molecular formula is C24H20N4O2S. The number of aryl methyl sites for hydroxylation is 1. The van der Waals surface area contributed by atoms with E-state index in [0.717, 1.165) is 22.3 Å². The number of thiophene rings is 1. The average molecular weight is 429 g/mol. The lowest BCUT2D eigenvalue weighted by Crippen LogP contribution is -2.30. The fourth-order valence-corrected chi connectivity index (χ4v) is 3.99. The smallest absolute Gasteiger partial charge is 0.263 e. The largest absolute Gasteiger partial charge is 0.289 e. The number of fused-ring (bicyclic) bond motifs is 1. The van der Waals surface area contributed by atoms with Gasteiger partial charge in [0.05, 0.1) is 11.7 Å². The molecule has 1 N–H and O–H groups in total. The van der Waals surface area contributed by atoms with Crippen LogP contribution >= 0.6 is 11.3 Å². The van der Waals surface area contributed by atoms with Crippen molar-refractivity contribution in [1.82, 2.24) is 15.0 Å². The first-order valence-corrected chi connectivity index (χ1v) is 10.6. The Morgan fingerprint density at radius 3 is 2.71 bits per heavy atom. The van der Waals surface area contributed by atoms with E-state index in [1.165, 1.54) is 28.4 Å². The zero-order valence-electron chi connectivity index (χ0n) is 16.9. The number of aromatic nitrogens is 2. The van der Waals surface area contributed by atoms with Gasteiger partial charge in [-0.05, 0) is 24.1 Å². The SMILES string of the molecule is Cc1ccc(-c2csc3ncn(CC(=O)N/N=C\C=C\c4ccccc4)c(=O)c23)cc1. The van der Waals surface area contributed by atoms with Gasteiger partial charge in [-0.1, -0.05) is 66.2 Å². The van der Waals surface area contributed by atoms with Gasteiger partial charge in [-0.3, -0.25) is 14.2 Å². The maximum atomic E-state index is 13.0. The van der Waals surface area contributed by atoms with Gasteiger partial charge >= 0.3 is 0 Å². The molecule has 154 valence electrons. The van der Waals surface area contributed by atoms with E-state index in [0.29, 0.717) is 10.2 Å². The number of hydrogen-bond acceptors (Lipinski definition) is 5. The van der Waals surface area contributed by atoms with Crippen LogP contribution in [0.2, 0.25) is 0 Å². The molecule has 4 aromatic rings. The molecule has 1 amide bonds. The standard InChI is InChI=1S/C24H20N4O2S/c1-17-9-11-19(12-10-17)20-15-31-23-22(20)24(30)28(16-25-23)14-21(29)27-26-13-5-8-18-6-3-2-4-7-18/h2-13,15-16H,14H2,1H3,(H,27,29)/b8-5+,26-13-. The number of benzene rings is 2.